The summed E-state index contributed by atoms with van der Waals surface area (Å²) in [6, 6.07) is 7.56. The zero-order valence-corrected chi connectivity index (χ0v) is 14.9. The number of phosphoric acid groups is 1. The van der Waals surface area contributed by atoms with Crippen molar-refractivity contribution < 1.29 is 23.0 Å². The topological polar surface area (TPSA) is 85.0 Å². The molecule has 0 aromatic heterocycles. The van der Waals surface area contributed by atoms with Crippen molar-refractivity contribution in [2.24, 2.45) is 0 Å². The van der Waals surface area contributed by atoms with E-state index < -0.39 is 7.82 Å². The molecule has 1 aliphatic rings. The van der Waals surface area contributed by atoms with Gasteiger partial charge in [-0.1, -0.05) is 0 Å². The molecule has 7 nitrogen and oxygen atoms in total. The number of phosphoric ester groups is 1. The van der Waals surface area contributed by atoms with Crippen molar-refractivity contribution in [3.05, 3.63) is 24.3 Å². The van der Waals surface area contributed by atoms with E-state index in [1.165, 1.54) is 0 Å². The minimum Gasteiger partial charge on any atom is -0.399 e. The first-order valence-corrected chi connectivity index (χ1v) is 9.21. The van der Waals surface area contributed by atoms with Crippen LogP contribution >= 0.6 is 7.82 Å². The third-order valence-electron chi connectivity index (χ3n) is 3.70. The Morgan fingerprint density at radius 1 is 1.35 bits per heavy atom. The molecule has 1 aromatic carbocycles. The van der Waals surface area contributed by atoms with E-state index in [0.717, 1.165) is 12.2 Å². The van der Waals surface area contributed by atoms with Crippen LogP contribution in [0.3, 0.4) is 0 Å². The predicted molar refractivity (Wildman–Crippen MR) is 91.2 cm³/mol. The molecule has 1 aromatic rings. The molecule has 8 heteroatoms. The number of anilines is 2. The summed E-state index contributed by atoms with van der Waals surface area (Å²) in [7, 11) is 1.97. The van der Waals surface area contributed by atoms with Gasteiger partial charge in [0.05, 0.1) is 27.2 Å². The van der Waals surface area contributed by atoms with Gasteiger partial charge in [-0.25, -0.2) is 4.57 Å². The molecule has 1 aliphatic heterocycles. The zero-order chi connectivity index (χ0) is 17.1. The van der Waals surface area contributed by atoms with Crippen molar-refractivity contribution in [2.75, 3.05) is 58.0 Å². The largest absolute Gasteiger partial charge is 0.472 e. The second-order valence-corrected chi connectivity index (χ2v) is 8.28. The highest BCUT2D eigenvalue weighted by Gasteiger charge is 2.32. The Morgan fingerprint density at radius 3 is 2.61 bits per heavy atom. The van der Waals surface area contributed by atoms with Crippen molar-refractivity contribution in [3.8, 4) is 0 Å². The summed E-state index contributed by atoms with van der Waals surface area (Å²) in [5.41, 5.74) is 7.43. The van der Waals surface area contributed by atoms with Gasteiger partial charge in [-0.15, -0.1) is 0 Å². The average Bonchev–Trinajstić information content (AvgIpc) is 2.85. The summed E-state index contributed by atoms with van der Waals surface area (Å²) in [6.07, 6.45) is 0.376. The fourth-order valence-electron chi connectivity index (χ4n) is 2.38. The van der Waals surface area contributed by atoms with Crippen LogP contribution in [0.15, 0.2) is 24.3 Å². The maximum Gasteiger partial charge on any atom is 0.472 e. The van der Waals surface area contributed by atoms with Crippen LogP contribution in [0.25, 0.3) is 0 Å². The van der Waals surface area contributed by atoms with Crippen LogP contribution in [-0.4, -0.2) is 62.9 Å². The maximum absolute atomic E-state index is 12.0. The minimum absolute atomic E-state index is 0.186. The van der Waals surface area contributed by atoms with Crippen molar-refractivity contribution in [1.29, 1.82) is 0 Å². The lowest BCUT2D eigenvalue weighted by atomic mass is 10.2. The highest BCUT2D eigenvalue weighted by Crippen LogP contribution is 2.46. The number of nitrogens with two attached hydrogens (primary N) is 1. The molecule has 1 heterocycles. The van der Waals surface area contributed by atoms with E-state index in [9.17, 15) is 9.46 Å². The highest BCUT2D eigenvalue weighted by atomic mass is 31.2. The van der Waals surface area contributed by atoms with Gasteiger partial charge in [0.25, 0.3) is 0 Å². The molecule has 130 valence electrons. The molecule has 0 amide bonds. The van der Waals surface area contributed by atoms with E-state index in [4.69, 9.17) is 14.8 Å². The lowest BCUT2D eigenvalue weighted by Gasteiger charge is -2.24. The Morgan fingerprint density at radius 2 is 2.00 bits per heavy atom. The Kier molecular flexibility index (Phi) is 5.70. The minimum atomic E-state index is -4.01. The Bertz CT molecular complexity index is 559. The van der Waals surface area contributed by atoms with E-state index in [2.05, 4.69) is 4.90 Å². The molecular formula is C15H27N3O4P+. The molecule has 3 N–H and O–H groups in total. The van der Waals surface area contributed by atoms with Gasteiger partial charge in [-0.3, -0.25) is 9.05 Å². The molecule has 1 fully saturated rings. The molecule has 23 heavy (non-hydrogen) atoms. The average molecular weight is 344 g/mol. The lowest BCUT2D eigenvalue weighted by molar-refractivity contribution is -0.870. The lowest BCUT2D eigenvalue weighted by Crippen LogP contribution is -2.37. The van der Waals surface area contributed by atoms with Crippen LogP contribution in [0.2, 0.25) is 0 Å². The first kappa shape index (κ1) is 18.2. The summed E-state index contributed by atoms with van der Waals surface area (Å²) in [5.74, 6) is 0. The predicted octanol–water partition coefficient (Wildman–Crippen LogP) is 1.69. The summed E-state index contributed by atoms with van der Waals surface area (Å²) in [4.78, 5) is 11.9. The number of hydrogen-bond acceptors (Lipinski definition) is 5. The molecule has 0 spiro atoms. The van der Waals surface area contributed by atoms with Crippen LogP contribution in [0.5, 0.6) is 0 Å². The summed E-state index contributed by atoms with van der Waals surface area (Å²) < 4.78 is 23.0. The van der Waals surface area contributed by atoms with E-state index in [0.29, 0.717) is 29.7 Å². The molecule has 1 saturated heterocycles. The molecular weight excluding hydrogens is 317 g/mol. The van der Waals surface area contributed by atoms with Crippen molar-refractivity contribution in [3.63, 3.8) is 0 Å². The maximum atomic E-state index is 12.0. The number of benzene rings is 1. The van der Waals surface area contributed by atoms with Crippen molar-refractivity contribution in [2.45, 2.75) is 12.5 Å². The van der Waals surface area contributed by atoms with Gasteiger partial charge in [0.15, 0.2) is 0 Å². The normalized spacial score (nSPS) is 21.4. The van der Waals surface area contributed by atoms with Gasteiger partial charge < -0.3 is 20.0 Å². The van der Waals surface area contributed by atoms with Crippen LogP contribution in [-0.2, 0) is 13.6 Å². The molecule has 0 aliphatic carbocycles. The Labute approximate surface area is 137 Å². The Balaban J connectivity index is 1.82. The van der Waals surface area contributed by atoms with Gasteiger partial charge >= 0.3 is 7.82 Å². The number of nitrogens with zero attached hydrogens (tertiary/aromatic N) is 2. The third kappa shape index (κ3) is 6.12. The highest BCUT2D eigenvalue weighted by molar-refractivity contribution is 7.47. The Hall–Kier alpha value is -1.11. The number of rotatable bonds is 7. The standard InChI is InChI=1S/C15H26N3O4P/c1-18(2,3)10-11-21-23(19,20)22-15-8-9-17(12-15)14-6-4-13(16)5-7-14/h4-7,15H,8-12,16H2,1-3H3/p+1. The summed E-state index contributed by atoms with van der Waals surface area (Å²) >= 11 is 0. The number of hydrogen-bond donors (Lipinski definition) is 2. The second kappa shape index (κ2) is 7.20. The number of likely N-dealkylation sites (N-methyl/N-ethyl adjacent to an activating group) is 1. The van der Waals surface area contributed by atoms with Crippen LogP contribution < -0.4 is 10.6 Å². The van der Waals surface area contributed by atoms with E-state index >= 15 is 0 Å². The van der Waals surface area contributed by atoms with E-state index in [1.54, 1.807) is 0 Å². The van der Waals surface area contributed by atoms with Gasteiger partial charge in [0.1, 0.15) is 13.2 Å². The molecule has 2 atom stereocenters. The van der Waals surface area contributed by atoms with E-state index in [-0.39, 0.29) is 12.7 Å². The smallest absolute Gasteiger partial charge is 0.399 e. The fraction of sp³-hybridized carbons (Fsp3) is 0.600. The summed E-state index contributed by atoms with van der Waals surface area (Å²) in [5, 5.41) is 0. The summed E-state index contributed by atoms with van der Waals surface area (Å²) in [6.45, 7) is 2.16. The van der Waals surface area contributed by atoms with Crippen LogP contribution in [0.1, 0.15) is 6.42 Å². The monoisotopic (exact) mass is 344 g/mol. The van der Waals surface area contributed by atoms with Crippen molar-refractivity contribution >= 4 is 19.2 Å². The number of quaternary nitrogens is 1. The van der Waals surface area contributed by atoms with Gasteiger partial charge in [0.2, 0.25) is 0 Å². The van der Waals surface area contributed by atoms with Gasteiger partial charge in [0, 0.05) is 24.5 Å². The molecule has 0 saturated carbocycles. The van der Waals surface area contributed by atoms with E-state index in [1.807, 2.05) is 45.4 Å². The zero-order valence-electron chi connectivity index (χ0n) is 14.0. The SMILES string of the molecule is C[N+](C)(C)CCOP(=O)(O)OC1CCN(c2ccc(N)cc2)C1. The first-order valence-electron chi connectivity index (χ1n) is 7.71. The molecule has 2 rings (SSSR count). The third-order valence-corrected chi connectivity index (χ3v) is 4.78. The molecule has 0 radical (unpaired) electrons. The van der Waals surface area contributed by atoms with Crippen LogP contribution in [0.4, 0.5) is 11.4 Å². The van der Waals surface area contributed by atoms with Crippen molar-refractivity contribution in [1.82, 2.24) is 0 Å². The fourth-order valence-corrected chi connectivity index (χ4v) is 3.30. The molecule has 0 bridgehead atoms. The second-order valence-electron chi connectivity index (χ2n) is 6.87. The van der Waals surface area contributed by atoms with Gasteiger partial charge in [-0.05, 0) is 30.7 Å². The number of nitrogen functional groups attached to an aromatic ring is 1. The quantitative estimate of drug-likeness (QED) is 0.445. The van der Waals surface area contributed by atoms with Crippen LogP contribution in [0, 0.1) is 0 Å². The molecule has 2 unspecified atom stereocenters. The van der Waals surface area contributed by atoms with Gasteiger partial charge in [-0.2, -0.15) is 0 Å². The first-order chi connectivity index (χ1) is 10.6.